The molecule has 0 aromatic heterocycles. The van der Waals surface area contributed by atoms with Gasteiger partial charge in [-0.15, -0.1) is 0 Å². The predicted octanol–water partition coefficient (Wildman–Crippen LogP) is 6.30. The smallest absolute Gasteiger partial charge is 0.334 e. The van der Waals surface area contributed by atoms with E-state index in [2.05, 4.69) is 64.9 Å². The Morgan fingerprint density at radius 2 is 1.06 bits per heavy atom. The molecule has 0 aliphatic rings. The van der Waals surface area contributed by atoms with Crippen LogP contribution in [0.25, 0.3) is 0 Å². The molecular weight excluding hydrogens is 638 g/mol. The maximum absolute atomic E-state index is 13.7. The molecule has 9 nitrogen and oxygen atoms in total. The molecule has 0 saturated heterocycles. The van der Waals surface area contributed by atoms with Crippen molar-refractivity contribution >= 4 is 17.2 Å². The number of aliphatic hydroxyl groups excluding tert-OH is 2. The van der Waals surface area contributed by atoms with Crippen LogP contribution in [0, 0.1) is 12.3 Å². The molecule has 2 atom stereocenters. The predicted molar refractivity (Wildman–Crippen MR) is 188 cm³/mol. The van der Waals surface area contributed by atoms with Crippen molar-refractivity contribution in [3.8, 4) is 0 Å². The molecule has 0 spiro atoms. The molecule has 262 valence electrons. The lowest BCUT2D eigenvalue weighted by molar-refractivity contribution is -0.230. The number of benzene rings is 3. The quantitative estimate of drug-likeness (QED) is 0.102. The Morgan fingerprint density at radius 1 is 0.660 bits per heavy atom. The summed E-state index contributed by atoms with van der Waals surface area (Å²) in [6, 6.07) is 22.7. The summed E-state index contributed by atoms with van der Waals surface area (Å²) in [5.41, 5.74) is -1.73. The number of rotatable bonds is 12. The second kappa shape index (κ2) is 16.7. The minimum atomic E-state index is -2.61. The maximum atomic E-state index is 13.7. The first kappa shape index (κ1) is 41.3. The Morgan fingerprint density at radius 3 is 1.38 bits per heavy atom. The summed E-state index contributed by atoms with van der Waals surface area (Å²) in [7, 11) is -5.22. The van der Waals surface area contributed by atoms with Crippen molar-refractivity contribution in [2.45, 2.75) is 96.7 Å². The van der Waals surface area contributed by atoms with Crippen LogP contribution in [0.15, 0.2) is 72.8 Å². The van der Waals surface area contributed by atoms with E-state index in [1.54, 1.807) is 0 Å². The lowest BCUT2D eigenvalue weighted by Gasteiger charge is -2.56. The summed E-state index contributed by atoms with van der Waals surface area (Å²) in [5, 5.41) is 49.6. The highest BCUT2D eigenvalue weighted by atomic mass is 31.2. The third-order valence-corrected chi connectivity index (χ3v) is 9.93. The fourth-order valence-electron chi connectivity index (χ4n) is 6.41. The van der Waals surface area contributed by atoms with E-state index < -0.39 is 57.9 Å². The lowest BCUT2D eigenvalue weighted by atomic mass is 9.52. The van der Waals surface area contributed by atoms with Gasteiger partial charge in [-0.3, -0.25) is 0 Å². The fraction of sp³-hybridized carbons (Fsp3) is 0.500. The highest BCUT2D eigenvalue weighted by Crippen LogP contribution is 2.59. The molecule has 0 bridgehead atoms. The molecular formula is C36H54O9P2. The Hall–Kier alpha value is -1.84. The Labute approximate surface area is 282 Å². The van der Waals surface area contributed by atoms with Gasteiger partial charge in [0.15, 0.2) is 0 Å². The van der Waals surface area contributed by atoms with Gasteiger partial charge >= 0.3 is 17.2 Å². The van der Waals surface area contributed by atoms with Crippen LogP contribution in [-0.4, -0.2) is 53.2 Å². The molecule has 0 aliphatic heterocycles. The van der Waals surface area contributed by atoms with E-state index in [1.807, 2.05) is 67.6 Å². The van der Waals surface area contributed by atoms with Gasteiger partial charge in [0.05, 0.1) is 18.6 Å². The van der Waals surface area contributed by atoms with E-state index in [4.69, 9.17) is 19.6 Å². The molecule has 11 heteroatoms. The van der Waals surface area contributed by atoms with Crippen molar-refractivity contribution in [3.63, 3.8) is 0 Å². The number of hydrogen-bond donors (Lipinski definition) is 8. The second-order valence-electron chi connectivity index (χ2n) is 14.1. The summed E-state index contributed by atoms with van der Waals surface area (Å²) in [4.78, 5) is 31.3. The summed E-state index contributed by atoms with van der Waals surface area (Å²) >= 11 is 0. The van der Waals surface area contributed by atoms with Crippen LogP contribution < -0.4 is 0 Å². The molecule has 3 rings (SSSR count). The summed E-state index contributed by atoms with van der Waals surface area (Å²) in [6.07, 6.45) is 1.70. The van der Waals surface area contributed by atoms with Crippen molar-refractivity contribution in [1.82, 2.24) is 0 Å². The molecule has 3 aromatic carbocycles. The zero-order valence-electron chi connectivity index (χ0n) is 28.8. The van der Waals surface area contributed by atoms with Crippen LogP contribution in [0.3, 0.4) is 0 Å². The Kier molecular flexibility index (Phi) is 14.7. The minimum absolute atomic E-state index is 0.255. The van der Waals surface area contributed by atoms with Gasteiger partial charge in [0.2, 0.25) is 0 Å². The number of aryl methyl sites for hydroxylation is 1. The van der Waals surface area contributed by atoms with Gasteiger partial charge in [-0.2, -0.15) is 0 Å². The van der Waals surface area contributed by atoms with Crippen LogP contribution in [-0.2, 0) is 26.3 Å². The highest BCUT2D eigenvalue weighted by molar-refractivity contribution is 7.53. The lowest BCUT2D eigenvalue weighted by Crippen LogP contribution is -2.64. The standard InChI is InChI=1S/C36H50O4.H4O5P2/c1-9-10-21-35(39,27-17-13-11-14-18-27)34(24-37,25-38)36(40,28-19-15-12-16-20-28)31-29(32(3,4)5)22-26(2)23-30(31)33(6,7)8;1-6(2)5-7(3)4/h11-20,22-23,37-40H,9-10,21,24-25H2,1-8H3;1-4H. The zero-order chi connectivity index (χ0) is 35.8. The van der Waals surface area contributed by atoms with Crippen molar-refractivity contribution < 1.29 is 44.3 Å². The molecule has 47 heavy (non-hydrogen) atoms. The summed E-state index contributed by atoms with van der Waals surface area (Å²) in [6.45, 7) is 15.5. The second-order valence-corrected chi connectivity index (χ2v) is 15.8. The van der Waals surface area contributed by atoms with Gasteiger partial charge in [0.25, 0.3) is 0 Å². The van der Waals surface area contributed by atoms with Crippen LogP contribution in [0.2, 0.25) is 0 Å². The highest BCUT2D eigenvalue weighted by Gasteiger charge is 2.65. The van der Waals surface area contributed by atoms with Gasteiger partial charge in [-0.25, -0.2) is 4.31 Å². The number of hydrogen-bond acceptors (Lipinski definition) is 9. The van der Waals surface area contributed by atoms with Crippen LogP contribution >= 0.6 is 17.2 Å². The zero-order valence-corrected chi connectivity index (χ0v) is 30.6. The molecule has 2 unspecified atom stereocenters. The Bertz CT molecular complexity index is 1340. The first-order valence-corrected chi connectivity index (χ1v) is 18.1. The molecule has 0 radical (unpaired) electrons. The normalized spacial score (nSPS) is 15.2. The molecule has 3 aromatic rings. The third-order valence-electron chi connectivity index (χ3n) is 8.77. The molecule has 0 heterocycles. The van der Waals surface area contributed by atoms with Crippen LogP contribution in [0.1, 0.15) is 101 Å². The SMILES string of the molecule is CCCCC(O)(c1ccccc1)C(CO)(CO)C(O)(c1ccccc1)c1c(C(C)(C)C)cc(C)cc1C(C)(C)C.OP(O)OP(O)O. The first-order valence-electron chi connectivity index (χ1n) is 15.7. The minimum Gasteiger partial charge on any atom is -0.395 e. The third kappa shape index (κ3) is 9.04. The van der Waals surface area contributed by atoms with Gasteiger partial charge < -0.3 is 40.0 Å². The molecule has 0 fully saturated rings. The van der Waals surface area contributed by atoms with E-state index in [9.17, 15) is 20.4 Å². The summed E-state index contributed by atoms with van der Waals surface area (Å²) in [5.74, 6) is 0. The van der Waals surface area contributed by atoms with Gasteiger partial charge in [-0.05, 0) is 52.0 Å². The van der Waals surface area contributed by atoms with E-state index >= 15 is 0 Å². The van der Waals surface area contributed by atoms with E-state index in [1.165, 1.54) is 0 Å². The van der Waals surface area contributed by atoms with Crippen molar-refractivity contribution in [3.05, 3.63) is 106 Å². The van der Waals surface area contributed by atoms with Crippen molar-refractivity contribution in [1.29, 1.82) is 0 Å². The number of aliphatic hydroxyl groups is 4. The average molecular weight is 693 g/mol. The maximum Gasteiger partial charge on any atom is 0.334 e. The molecule has 0 aliphatic carbocycles. The van der Waals surface area contributed by atoms with Gasteiger partial charge in [0, 0.05) is 0 Å². The monoisotopic (exact) mass is 692 g/mol. The van der Waals surface area contributed by atoms with Crippen molar-refractivity contribution in [2.75, 3.05) is 13.2 Å². The number of unbranched alkanes of at least 4 members (excludes halogenated alkanes) is 1. The molecule has 0 amide bonds. The van der Waals surface area contributed by atoms with Gasteiger partial charge in [0.1, 0.15) is 11.2 Å². The topological polar surface area (TPSA) is 171 Å². The Balaban J connectivity index is 0.000000984. The molecule has 0 saturated carbocycles. The van der Waals surface area contributed by atoms with E-state index in [-0.39, 0.29) is 6.42 Å². The fourth-order valence-corrected chi connectivity index (χ4v) is 6.93. The molecule has 8 N–H and O–H groups in total. The summed E-state index contributed by atoms with van der Waals surface area (Å²) < 4.78 is 3.60. The van der Waals surface area contributed by atoms with Crippen LogP contribution in [0.5, 0.6) is 0 Å². The first-order chi connectivity index (χ1) is 21.8. The van der Waals surface area contributed by atoms with Gasteiger partial charge in [-0.1, -0.05) is 140 Å². The van der Waals surface area contributed by atoms with E-state index in [0.29, 0.717) is 23.1 Å². The van der Waals surface area contributed by atoms with Crippen LogP contribution in [0.4, 0.5) is 0 Å². The largest absolute Gasteiger partial charge is 0.395 e. The van der Waals surface area contributed by atoms with Crippen molar-refractivity contribution in [2.24, 2.45) is 5.41 Å². The average Bonchev–Trinajstić information content (AvgIpc) is 3.00. The van der Waals surface area contributed by atoms with E-state index in [0.717, 1.165) is 23.1 Å².